The van der Waals surface area contributed by atoms with Crippen molar-refractivity contribution in [2.45, 2.75) is 19.4 Å². The molecule has 1 nitrogen and oxygen atoms in total. The van der Waals surface area contributed by atoms with Crippen LogP contribution in [0.2, 0.25) is 20.1 Å². The Bertz CT molecular complexity index is 576. The normalized spacial score (nSPS) is 11.1. The Morgan fingerprint density at radius 2 is 1.33 bits per heavy atom. The SMILES string of the molecule is CCCNC(c1cccc(Cl)c1Cl)c1cccc(Cl)c1Cl. The molecular formula is C16H15Cl4N. The second-order valence-corrected chi connectivity index (χ2v) is 6.24. The summed E-state index contributed by atoms with van der Waals surface area (Å²) >= 11 is 25.0. The molecule has 2 aromatic carbocycles. The summed E-state index contributed by atoms with van der Waals surface area (Å²) in [4.78, 5) is 0. The summed E-state index contributed by atoms with van der Waals surface area (Å²) < 4.78 is 0. The van der Waals surface area contributed by atoms with Crippen LogP contribution in [0.5, 0.6) is 0 Å². The highest BCUT2D eigenvalue weighted by Crippen LogP contribution is 2.37. The van der Waals surface area contributed by atoms with Crippen LogP contribution in [-0.2, 0) is 0 Å². The van der Waals surface area contributed by atoms with Crippen molar-refractivity contribution in [2.75, 3.05) is 6.54 Å². The van der Waals surface area contributed by atoms with Gasteiger partial charge in [-0.3, -0.25) is 0 Å². The molecule has 0 radical (unpaired) electrons. The molecule has 0 saturated carbocycles. The number of rotatable bonds is 5. The molecule has 0 saturated heterocycles. The minimum absolute atomic E-state index is 0.151. The highest BCUT2D eigenvalue weighted by Gasteiger charge is 2.21. The van der Waals surface area contributed by atoms with Crippen molar-refractivity contribution in [3.63, 3.8) is 0 Å². The zero-order chi connectivity index (χ0) is 15.4. The Hall–Kier alpha value is -0.440. The third kappa shape index (κ3) is 3.85. The van der Waals surface area contributed by atoms with Gasteiger partial charge in [-0.1, -0.05) is 77.6 Å². The van der Waals surface area contributed by atoms with Crippen molar-refractivity contribution >= 4 is 46.4 Å². The maximum absolute atomic E-state index is 6.36. The van der Waals surface area contributed by atoms with E-state index in [0.717, 1.165) is 24.1 Å². The lowest BCUT2D eigenvalue weighted by molar-refractivity contribution is 0.599. The highest BCUT2D eigenvalue weighted by atomic mass is 35.5. The summed E-state index contributed by atoms with van der Waals surface area (Å²) in [6.45, 7) is 2.93. The van der Waals surface area contributed by atoms with Crippen LogP contribution in [0, 0.1) is 0 Å². The van der Waals surface area contributed by atoms with Crippen LogP contribution in [-0.4, -0.2) is 6.54 Å². The van der Waals surface area contributed by atoms with Crippen LogP contribution >= 0.6 is 46.4 Å². The van der Waals surface area contributed by atoms with E-state index in [4.69, 9.17) is 46.4 Å². The fraction of sp³-hybridized carbons (Fsp3) is 0.250. The van der Waals surface area contributed by atoms with Crippen molar-refractivity contribution in [1.29, 1.82) is 0 Å². The zero-order valence-corrected chi connectivity index (χ0v) is 14.5. The van der Waals surface area contributed by atoms with Crippen LogP contribution in [0.1, 0.15) is 30.5 Å². The van der Waals surface area contributed by atoms with E-state index in [0.29, 0.717) is 20.1 Å². The van der Waals surface area contributed by atoms with Gasteiger partial charge in [0.05, 0.1) is 26.1 Å². The first-order valence-corrected chi connectivity index (χ1v) is 8.18. The maximum atomic E-state index is 6.36. The fourth-order valence-electron chi connectivity index (χ4n) is 2.16. The second-order valence-electron chi connectivity index (χ2n) is 4.67. The van der Waals surface area contributed by atoms with Gasteiger partial charge in [0.15, 0.2) is 0 Å². The molecule has 0 aliphatic rings. The van der Waals surface area contributed by atoms with Gasteiger partial charge in [0, 0.05) is 0 Å². The summed E-state index contributed by atoms with van der Waals surface area (Å²) in [5.74, 6) is 0. The lowest BCUT2D eigenvalue weighted by atomic mass is 9.98. The van der Waals surface area contributed by atoms with Gasteiger partial charge in [0.25, 0.3) is 0 Å². The predicted octanol–water partition coefficient (Wildman–Crippen LogP) is 6.39. The molecule has 21 heavy (non-hydrogen) atoms. The average molecular weight is 363 g/mol. The quantitative estimate of drug-likeness (QED) is 0.649. The predicted molar refractivity (Wildman–Crippen MR) is 93.1 cm³/mol. The summed E-state index contributed by atoms with van der Waals surface area (Å²) in [6.07, 6.45) is 0.993. The molecule has 2 rings (SSSR count). The standard InChI is InChI=1S/C16H15Cl4N/c1-2-9-21-16(10-5-3-7-12(17)14(10)19)11-6-4-8-13(18)15(11)20/h3-8,16,21H,2,9H2,1H3. The van der Waals surface area contributed by atoms with E-state index in [1.165, 1.54) is 0 Å². The summed E-state index contributed by atoms with van der Waals surface area (Å²) in [5, 5.41) is 5.56. The molecule has 0 heterocycles. The van der Waals surface area contributed by atoms with Gasteiger partial charge < -0.3 is 5.32 Å². The van der Waals surface area contributed by atoms with E-state index in [1.54, 1.807) is 12.1 Å². The van der Waals surface area contributed by atoms with E-state index in [-0.39, 0.29) is 6.04 Å². The third-order valence-corrected chi connectivity index (χ3v) is 4.85. The maximum Gasteiger partial charge on any atom is 0.0643 e. The van der Waals surface area contributed by atoms with Crippen molar-refractivity contribution in [1.82, 2.24) is 5.32 Å². The van der Waals surface area contributed by atoms with Crippen molar-refractivity contribution in [2.24, 2.45) is 0 Å². The molecule has 1 N–H and O–H groups in total. The van der Waals surface area contributed by atoms with Gasteiger partial charge in [0.1, 0.15) is 0 Å². The molecule has 0 fully saturated rings. The Balaban J connectivity index is 2.52. The third-order valence-electron chi connectivity index (χ3n) is 3.18. The van der Waals surface area contributed by atoms with Crippen molar-refractivity contribution in [3.8, 4) is 0 Å². The van der Waals surface area contributed by atoms with Crippen LogP contribution in [0.15, 0.2) is 36.4 Å². The van der Waals surface area contributed by atoms with Crippen LogP contribution in [0.3, 0.4) is 0 Å². The lowest BCUT2D eigenvalue weighted by Gasteiger charge is -2.22. The zero-order valence-electron chi connectivity index (χ0n) is 11.5. The number of benzene rings is 2. The van der Waals surface area contributed by atoms with Crippen LogP contribution in [0.25, 0.3) is 0 Å². The Morgan fingerprint density at radius 1 is 0.857 bits per heavy atom. The summed E-state index contributed by atoms with van der Waals surface area (Å²) in [6, 6.07) is 11.0. The summed E-state index contributed by atoms with van der Waals surface area (Å²) in [5.41, 5.74) is 1.78. The Labute approximate surface area is 145 Å². The molecule has 2 aromatic rings. The molecule has 0 aromatic heterocycles. The average Bonchev–Trinajstić information content (AvgIpc) is 2.47. The minimum Gasteiger partial charge on any atom is -0.306 e. The Kier molecular flexibility index (Phi) is 6.21. The number of nitrogens with one attached hydrogen (secondary N) is 1. The molecule has 0 aliphatic heterocycles. The molecule has 0 spiro atoms. The molecule has 112 valence electrons. The molecule has 0 unspecified atom stereocenters. The first-order valence-electron chi connectivity index (χ1n) is 6.67. The molecule has 5 heteroatoms. The van der Waals surface area contributed by atoms with E-state index < -0.39 is 0 Å². The first-order chi connectivity index (χ1) is 10.1. The van der Waals surface area contributed by atoms with Gasteiger partial charge in [-0.2, -0.15) is 0 Å². The van der Waals surface area contributed by atoms with Gasteiger partial charge in [-0.05, 0) is 36.2 Å². The Morgan fingerprint density at radius 3 is 1.76 bits per heavy atom. The lowest BCUT2D eigenvalue weighted by Crippen LogP contribution is -2.24. The molecular weight excluding hydrogens is 348 g/mol. The van der Waals surface area contributed by atoms with Gasteiger partial charge in [-0.25, -0.2) is 0 Å². The van der Waals surface area contributed by atoms with E-state index in [9.17, 15) is 0 Å². The monoisotopic (exact) mass is 361 g/mol. The summed E-state index contributed by atoms with van der Waals surface area (Å²) in [7, 11) is 0. The van der Waals surface area contributed by atoms with E-state index >= 15 is 0 Å². The van der Waals surface area contributed by atoms with Crippen LogP contribution in [0.4, 0.5) is 0 Å². The molecule has 0 amide bonds. The molecule has 0 bridgehead atoms. The van der Waals surface area contributed by atoms with Gasteiger partial charge in [0.2, 0.25) is 0 Å². The smallest absolute Gasteiger partial charge is 0.0643 e. The number of hydrogen-bond donors (Lipinski definition) is 1. The highest BCUT2D eigenvalue weighted by molar-refractivity contribution is 6.43. The topological polar surface area (TPSA) is 12.0 Å². The largest absolute Gasteiger partial charge is 0.306 e. The fourth-order valence-corrected chi connectivity index (χ4v) is 3.00. The number of halogens is 4. The number of hydrogen-bond acceptors (Lipinski definition) is 1. The molecule has 0 atom stereocenters. The second kappa shape index (κ2) is 7.71. The van der Waals surface area contributed by atoms with Crippen molar-refractivity contribution < 1.29 is 0 Å². The van der Waals surface area contributed by atoms with E-state index in [1.807, 2.05) is 24.3 Å². The van der Waals surface area contributed by atoms with Gasteiger partial charge in [-0.15, -0.1) is 0 Å². The van der Waals surface area contributed by atoms with Crippen molar-refractivity contribution in [3.05, 3.63) is 67.6 Å². The first kappa shape index (κ1) is 16.9. The van der Waals surface area contributed by atoms with Gasteiger partial charge >= 0.3 is 0 Å². The molecule has 0 aliphatic carbocycles. The minimum atomic E-state index is -0.151. The van der Waals surface area contributed by atoms with E-state index in [2.05, 4.69) is 12.2 Å². The van der Waals surface area contributed by atoms with Crippen LogP contribution < -0.4 is 5.32 Å².